The lowest BCUT2D eigenvalue weighted by atomic mass is 9.76. The van der Waals surface area contributed by atoms with Crippen LogP contribution in [-0.4, -0.2) is 41.7 Å². The number of benzene rings is 1. The van der Waals surface area contributed by atoms with Crippen LogP contribution in [0.25, 0.3) is 0 Å². The number of hydrogen-bond donors (Lipinski definition) is 0. The van der Waals surface area contributed by atoms with Gasteiger partial charge in [0.05, 0.1) is 23.6 Å². The van der Waals surface area contributed by atoms with E-state index in [-0.39, 0.29) is 5.69 Å². The van der Waals surface area contributed by atoms with E-state index >= 15 is 0 Å². The fourth-order valence-electron chi connectivity index (χ4n) is 4.06. The number of fused-ring (bicyclic) bond motifs is 5. The van der Waals surface area contributed by atoms with Crippen molar-refractivity contribution < 1.29 is 37.8 Å². The van der Waals surface area contributed by atoms with Crippen LogP contribution in [0.2, 0.25) is 0 Å². The normalized spacial score (nSPS) is 30.1. The number of ether oxygens (including phenoxy) is 3. The summed E-state index contributed by atoms with van der Waals surface area (Å²) in [5, 5.41) is 0. The second-order valence-corrected chi connectivity index (χ2v) is 6.84. The molecule has 2 fully saturated rings. The second kappa shape index (κ2) is 6.23. The summed E-state index contributed by atoms with van der Waals surface area (Å²) in [5.41, 5.74) is -1.38. The van der Waals surface area contributed by atoms with Gasteiger partial charge >= 0.3 is 11.9 Å². The maximum Gasteiger partial charge on any atom is 0.305 e. The number of nitrogens with zero attached hydrogens (tertiary/aromatic N) is 1. The molecule has 0 aliphatic carbocycles. The van der Waals surface area contributed by atoms with Crippen LogP contribution < -0.4 is 4.90 Å². The summed E-state index contributed by atoms with van der Waals surface area (Å²) in [5.74, 6) is -5.01. The van der Waals surface area contributed by atoms with Gasteiger partial charge in [-0.25, -0.2) is 9.29 Å². The van der Waals surface area contributed by atoms with Crippen molar-refractivity contribution in [2.45, 2.75) is 31.8 Å². The van der Waals surface area contributed by atoms with Crippen molar-refractivity contribution in [3.63, 3.8) is 0 Å². The zero-order chi connectivity index (χ0) is 20.2. The van der Waals surface area contributed by atoms with E-state index in [0.29, 0.717) is 0 Å². The number of anilines is 1. The summed E-state index contributed by atoms with van der Waals surface area (Å²) in [6.07, 6.45) is 0.819. The molecule has 3 heterocycles. The lowest BCUT2D eigenvalue weighted by Crippen LogP contribution is -2.52. The van der Waals surface area contributed by atoms with Gasteiger partial charge in [0, 0.05) is 13.8 Å². The molecule has 8 nitrogen and oxygen atoms in total. The quantitative estimate of drug-likeness (QED) is 0.329. The summed E-state index contributed by atoms with van der Waals surface area (Å²) in [6.45, 7) is 2.25. The molecule has 0 saturated carbocycles. The summed E-state index contributed by atoms with van der Waals surface area (Å²) >= 11 is 0. The van der Waals surface area contributed by atoms with E-state index in [9.17, 15) is 23.6 Å². The Bertz CT molecular complexity index is 895. The highest BCUT2D eigenvalue weighted by molar-refractivity contribution is 6.23. The fraction of sp³-hybridized carbons (Fsp3) is 0.368. The first-order chi connectivity index (χ1) is 13.2. The highest BCUT2D eigenvalue weighted by Gasteiger charge is 2.72. The number of hydrogen-bond acceptors (Lipinski definition) is 7. The third-order valence-electron chi connectivity index (χ3n) is 5.08. The first-order valence-corrected chi connectivity index (χ1v) is 8.59. The minimum Gasteiger partial charge on any atom is -0.422 e. The molecule has 9 heteroatoms. The lowest BCUT2D eigenvalue weighted by Gasteiger charge is -2.34. The van der Waals surface area contributed by atoms with Gasteiger partial charge in [-0.05, 0) is 30.3 Å². The van der Waals surface area contributed by atoms with Crippen LogP contribution in [0.3, 0.4) is 0 Å². The number of imide groups is 1. The monoisotopic (exact) mass is 389 g/mol. The first kappa shape index (κ1) is 18.3. The lowest BCUT2D eigenvalue weighted by molar-refractivity contribution is -0.226. The van der Waals surface area contributed by atoms with Crippen molar-refractivity contribution >= 4 is 29.4 Å². The molecule has 146 valence electrons. The van der Waals surface area contributed by atoms with E-state index in [1.165, 1.54) is 18.2 Å². The molecule has 4 rings (SSSR count). The van der Waals surface area contributed by atoms with Crippen molar-refractivity contribution in [3.05, 3.63) is 42.2 Å². The summed E-state index contributed by atoms with van der Waals surface area (Å²) < 4.78 is 29.3. The van der Waals surface area contributed by atoms with E-state index in [0.717, 1.165) is 30.9 Å². The molecule has 1 aromatic rings. The van der Waals surface area contributed by atoms with Gasteiger partial charge in [0.2, 0.25) is 11.8 Å². The van der Waals surface area contributed by atoms with Crippen LogP contribution in [0.15, 0.2) is 36.4 Å². The molecule has 0 unspecified atom stereocenters. The molecule has 2 bridgehead atoms. The predicted octanol–water partition coefficient (Wildman–Crippen LogP) is 1.09. The Hall–Kier alpha value is -3.07. The van der Waals surface area contributed by atoms with Crippen molar-refractivity contribution in [2.75, 3.05) is 4.90 Å². The Balaban J connectivity index is 1.74. The molecule has 0 spiro atoms. The van der Waals surface area contributed by atoms with Gasteiger partial charge in [0.25, 0.3) is 6.29 Å². The molecule has 28 heavy (non-hydrogen) atoms. The van der Waals surface area contributed by atoms with Crippen molar-refractivity contribution in [3.8, 4) is 0 Å². The van der Waals surface area contributed by atoms with Crippen LogP contribution in [0, 0.1) is 17.7 Å². The third kappa shape index (κ3) is 2.54. The minimum atomic E-state index is -1.60. The molecule has 2 amide bonds. The van der Waals surface area contributed by atoms with Gasteiger partial charge in [0.15, 0.2) is 5.60 Å². The molecule has 0 aromatic heterocycles. The molecule has 4 atom stereocenters. The number of carbonyl (C=O) groups excluding carboxylic acids is 4. The topological polar surface area (TPSA) is 99.2 Å². The molecular formula is C19H16FNO7. The Morgan fingerprint density at radius 1 is 1.11 bits per heavy atom. The van der Waals surface area contributed by atoms with Gasteiger partial charge in [0.1, 0.15) is 5.82 Å². The number of carbonyl (C=O) groups is 4. The first-order valence-electron chi connectivity index (χ1n) is 8.59. The average Bonchev–Trinajstić information content (AvgIpc) is 3.26. The van der Waals surface area contributed by atoms with E-state index in [4.69, 9.17) is 14.2 Å². The molecule has 0 N–H and O–H groups in total. The number of halogens is 1. The minimum absolute atomic E-state index is 0.219. The Morgan fingerprint density at radius 2 is 1.71 bits per heavy atom. The van der Waals surface area contributed by atoms with Gasteiger partial charge in [-0.15, -0.1) is 0 Å². The Kier molecular flexibility index (Phi) is 4.07. The van der Waals surface area contributed by atoms with Crippen LogP contribution in [-0.2, 0) is 33.4 Å². The van der Waals surface area contributed by atoms with Crippen molar-refractivity contribution in [1.29, 1.82) is 0 Å². The number of rotatable bonds is 4. The molecular weight excluding hydrogens is 373 g/mol. The third-order valence-corrected chi connectivity index (χ3v) is 5.08. The largest absolute Gasteiger partial charge is 0.422 e. The molecule has 3 aliphatic heterocycles. The van der Waals surface area contributed by atoms with Gasteiger partial charge in [-0.2, -0.15) is 0 Å². The highest BCUT2D eigenvalue weighted by Crippen LogP contribution is 2.54. The van der Waals surface area contributed by atoms with Crippen molar-refractivity contribution in [2.24, 2.45) is 11.8 Å². The molecule has 3 aliphatic rings. The maximum atomic E-state index is 13.2. The van der Waals surface area contributed by atoms with Gasteiger partial charge < -0.3 is 14.2 Å². The van der Waals surface area contributed by atoms with E-state index in [2.05, 4.69) is 0 Å². The molecule has 1 aromatic carbocycles. The smallest absolute Gasteiger partial charge is 0.305 e. The zero-order valence-corrected chi connectivity index (χ0v) is 15.0. The van der Waals surface area contributed by atoms with Crippen LogP contribution in [0.1, 0.15) is 13.8 Å². The molecule has 0 radical (unpaired) electrons. The number of esters is 2. The van der Waals surface area contributed by atoms with Crippen LogP contribution >= 0.6 is 0 Å². The van der Waals surface area contributed by atoms with E-state index in [1.54, 1.807) is 6.08 Å². The van der Waals surface area contributed by atoms with E-state index in [1.807, 2.05) is 0 Å². The average molecular weight is 389 g/mol. The van der Waals surface area contributed by atoms with Gasteiger partial charge in [-0.3, -0.25) is 19.2 Å². The number of amides is 2. The summed E-state index contributed by atoms with van der Waals surface area (Å²) in [6, 6.07) is 4.93. The Labute approximate surface area is 158 Å². The van der Waals surface area contributed by atoms with E-state index < -0.39 is 59.4 Å². The van der Waals surface area contributed by atoms with Crippen LogP contribution in [0.4, 0.5) is 10.1 Å². The zero-order valence-electron chi connectivity index (χ0n) is 15.0. The standard InChI is InChI=1S/C19H16FNO7/c1-9(22)26-18(27-10(2)23)19-8-7-13(28-19)14-15(19)17(25)21(16(14)24)12-5-3-11(20)4-6-12/h3-8,13-15,18H,1-2H3/t13-,14+,15-,19+/m1/s1. The van der Waals surface area contributed by atoms with Gasteiger partial charge in [-0.1, -0.05) is 6.08 Å². The summed E-state index contributed by atoms with van der Waals surface area (Å²) in [4.78, 5) is 50.2. The second-order valence-electron chi connectivity index (χ2n) is 6.84. The molecule has 2 saturated heterocycles. The summed E-state index contributed by atoms with van der Waals surface area (Å²) in [7, 11) is 0. The SMILES string of the molecule is CC(=O)OC(OC(C)=O)[C@@]12C=C[C@@H](O1)[C@@H]1C(=O)N(c3ccc(F)cc3)C(=O)[C@@H]12. The predicted molar refractivity (Wildman–Crippen MR) is 89.9 cm³/mol. The maximum absolute atomic E-state index is 13.2. The van der Waals surface area contributed by atoms with Crippen LogP contribution in [0.5, 0.6) is 0 Å². The Morgan fingerprint density at radius 3 is 2.29 bits per heavy atom. The van der Waals surface area contributed by atoms with Crippen molar-refractivity contribution in [1.82, 2.24) is 0 Å². The highest BCUT2D eigenvalue weighted by atomic mass is 19.1. The fourth-order valence-corrected chi connectivity index (χ4v) is 4.06.